The summed E-state index contributed by atoms with van der Waals surface area (Å²) in [5, 5.41) is 13.5. The number of ether oxygens (including phenoxy) is 2. The number of nitrogens with one attached hydrogen (secondary N) is 1. The van der Waals surface area contributed by atoms with Gasteiger partial charge in [-0.1, -0.05) is 0 Å². The van der Waals surface area contributed by atoms with Crippen molar-refractivity contribution in [1.82, 2.24) is 4.98 Å². The number of anilines is 1. The average molecular weight is 261 g/mol. The van der Waals surface area contributed by atoms with Crippen molar-refractivity contribution in [3.05, 3.63) is 23.6 Å². The standard InChI is InChI=1S/C12H11N3O2S/c1-16-8-3-4-9(11(5-8)17-2)10-6-18-12(15-10)14-7-13/h3-6H,1-2H3,(H,14,15). The Bertz CT molecular complexity index is 589. The predicted molar refractivity (Wildman–Crippen MR) is 69.9 cm³/mol. The molecule has 2 aromatic rings. The Morgan fingerprint density at radius 1 is 1.33 bits per heavy atom. The van der Waals surface area contributed by atoms with E-state index in [-0.39, 0.29) is 0 Å². The van der Waals surface area contributed by atoms with Gasteiger partial charge in [0.25, 0.3) is 0 Å². The van der Waals surface area contributed by atoms with E-state index in [0.29, 0.717) is 10.9 Å². The molecule has 0 amide bonds. The van der Waals surface area contributed by atoms with Gasteiger partial charge in [0.2, 0.25) is 0 Å². The highest BCUT2D eigenvalue weighted by atomic mass is 32.1. The van der Waals surface area contributed by atoms with Crippen molar-refractivity contribution in [3.63, 3.8) is 0 Å². The fourth-order valence-corrected chi connectivity index (χ4v) is 2.17. The molecule has 0 radical (unpaired) electrons. The Morgan fingerprint density at radius 2 is 2.17 bits per heavy atom. The van der Waals surface area contributed by atoms with E-state index in [0.717, 1.165) is 17.0 Å². The topological polar surface area (TPSA) is 67.2 Å². The second-order valence-corrected chi connectivity index (χ2v) is 4.20. The Hall–Kier alpha value is -2.26. The van der Waals surface area contributed by atoms with Crippen LogP contribution in [0.4, 0.5) is 5.13 Å². The first-order valence-corrected chi connectivity index (χ1v) is 5.99. The molecule has 1 aromatic carbocycles. The molecule has 2 rings (SSSR count). The summed E-state index contributed by atoms with van der Waals surface area (Å²) in [5.41, 5.74) is 1.62. The summed E-state index contributed by atoms with van der Waals surface area (Å²) in [6.45, 7) is 0. The minimum Gasteiger partial charge on any atom is -0.497 e. The summed E-state index contributed by atoms with van der Waals surface area (Å²) in [6.07, 6.45) is 1.84. The number of hydrogen-bond donors (Lipinski definition) is 1. The summed E-state index contributed by atoms with van der Waals surface area (Å²) < 4.78 is 10.4. The second kappa shape index (κ2) is 5.38. The largest absolute Gasteiger partial charge is 0.497 e. The molecule has 0 unspecified atom stereocenters. The van der Waals surface area contributed by atoms with Crippen LogP contribution in [0.1, 0.15) is 0 Å². The minimum absolute atomic E-state index is 0.561. The Kier molecular flexibility index (Phi) is 3.65. The van der Waals surface area contributed by atoms with Gasteiger partial charge in [-0.2, -0.15) is 5.26 Å². The number of thiazole rings is 1. The molecule has 1 N–H and O–H groups in total. The number of aromatic nitrogens is 1. The van der Waals surface area contributed by atoms with E-state index in [2.05, 4.69) is 10.3 Å². The summed E-state index contributed by atoms with van der Waals surface area (Å²) >= 11 is 1.37. The maximum Gasteiger partial charge on any atom is 0.196 e. The van der Waals surface area contributed by atoms with E-state index in [9.17, 15) is 0 Å². The highest BCUT2D eigenvalue weighted by Gasteiger charge is 2.11. The lowest BCUT2D eigenvalue weighted by atomic mass is 10.1. The molecule has 0 aliphatic heterocycles. The zero-order chi connectivity index (χ0) is 13.0. The summed E-state index contributed by atoms with van der Waals surface area (Å²) in [7, 11) is 3.20. The van der Waals surface area contributed by atoms with Gasteiger partial charge in [0.15, 0.2) is 11.3 Å². The van der Waals surface area contributed by atoms with Crippen LogP contribution in [0.3, 0.4) is 0 Å². The molecular formula is C12H11N3O2S. The second-order valence-electron chi connectivity index (χ2n) is 3.34. The SMILES string of the molecule is COc1ccc(-c2csc(NC#N)n2)c(OC)c1. The molecule has 0 aliphatic rings. The van der Waals surface area contributed by atoms with E-state index in [4.69, 9.17) is 14.7 Å². The van der Waals surface area contributed by atoms with E-state index >= 15 is 0 Å². The van der Waals surface area contributed by atoms with Crippen LogP contribution in [0.2, 0.25) is 0 Å². The van der Waals surface area contributed by atoms with Crippen LogP contribution in [0, 0.1) is 11.5 Å². The fourth-order valence-electron chi connectivity index (χ4n) is 1.51. The number of nitrogens with zero attached hydrogens (tertiary/aromatic N) is 2. The molecule has 0 fully saturated rings. The zero-order valence-electron chi connectivity index (χ0n) is 9.93. The molecule has 0 spiro atoms. The molecule has 0 saturated heterocycles. The number of rotatable bonds is 4. The molecule has 1 heterocycles. The van der Waals surface area contributed by atoms with Gasteiger partial charge in [-0.05, 0) is 12.1 Å². The van der Waals surface area contributed by atoms with Crippen LogP contribution >= 0.6 is 11.3 Å². The normalized spacial score (nSPS) is 9.61. The van der Waals surface area contributed by atoms with Gasteiger partial charge in [0.05, 0.1) is 19.9 Å². The van der Waals surface area contributed by atoms with Crippen molar-refractivity contribution in [2.24, 2.45) is 0 Å². The third-order valence-electron chi connectivity index (χ3n) is 2.35. The highest BCUT2D eigenvalue weighted by Crippen LogP contribution is 2.34. The first-order valence-electron chi connectivity index (χ1n) is 5.11. The molecular weight excluding hydrogens is 250 g/mol. The Balaban J connectivity index is 2.40. The average Bonchev–Trinajstić information content (AvgIpc) is 2.87. The molecule has 0 bridgehead atoms. The zero-order valence-corrected chi connectivity index (χ0v) is 10.7. The number of methoxy groups -OCH3 is 2. The number of hydrogen-bond acceptors (Lipinski definition) is 6. The Morgan fingerprint density at radius 3 is 2.83 bits per heavy atom. The molecule has 5 nitrogen and oxygen atoms in total. The Labute approximate surface area is 109 Å². The fraction of sp³-hybridized carbons (Fsp3) is 0.167. The molecule has 18 heavy (non-hydrogen) atoms. The third-order valence-corrected chi connectivity index (χ3v) is 3.11. The van der Waals surface area contributed by atoms with E-state index < -0.39 is 0 Å². The van der Waals surface area contributed by atoms with Gasteiger partial charge >= 0.3 is 0 Å². The minimum atomic E-state index is 0.561. The third kappa shape index (κ3) is 2.36. The van der Waals surface area contributed by atoms with E-state index in [1.54, 1.807) is 20.3 Å². The highest BCUT2D eigenvalue weighted by molar-refractivity contribution is 7.14. The van der Waals surface area contributed by atoms with Crippen molar-refractivity contribution in [1.29, 1.82) is 5.26 Å². The van der Waals surface area contributed by atoms with Gasteiger partial charge in [-0.15, -0.1) is 11.3 Å². The van der Waals surface area contributed by atoms with Crippen molar-refractivity contribution >= 4 is 16.5 Å². The molecule has 0 aliphatic carbocycles. The van der Waals surface area contributed by atoms with Crippen molar-refractivity contribution in [2.75, 3.05) is 19.5 Å². The maximum atomic E-state index is 8.53. The summed E-state index contributed by atoms with van der Waals surface area (Å²) in [6, 6.07) is 5.52. The lowest BCUT2D eigenvalue weighted by Gasteiger charge is -2.08. The van der Waals surface area contributed by atoms with Crippen LogP contribution in [0.5, 0.6) is 11.5 Å². The van der Waals surface area contributed by atoms with E-state index in [1.165, 1.54) is 11.3 Å². The molecule has 0 atom stereocenters. The summed E-state index contributed by atoms with van der Waals surface area (Å²) in [4.78, 5) is 4.30. The lowest BCUT2D eigenvalue weighted by Crippen LogP contribution is -1.91. The first kappa shape index (κ1) is 12.2. The van der Waals surface area contributed by atoms with Crippen molar-refractivity contribution in [2.45, 2.75) is 0 Å². The van der Waals surface area contributed by atoms with Gasteiger partial charge < -0.3 is 9.47 Å². The van der Waals surface area contributed by atoms with Crippen LogP contribution < -0.4 is 14.8 Å². The predicted octanol–water partition coefficient (Wildman–Crippen LogP) is 2.72. The molecule has 6 heteroatoms. The number of nitriles is 1. The first-order chi connectivity index (χ1) is 8.78. The molecule has 0 saturated carbocycles. The summed E-state index contributed by atoms with van der Waals surface area (Å²) in [5.74, 6) is 1.41. The van der Waals surface area contributed by atoms with Gasteiger partial charge in [0.1, 0.15) is 11.5 Å². The van der Waals surface area contributed by atoms with E-state index in [1.807, 2.05) is 23.7 Å². The van der Waals surface area contributed by atoms with Crippen LogP contribution in [0.15, 0.2) is 23.6 Å². The van der Waals surface area contributed by atoms with Gasteiger partial charge in [0, 0.05) is 17.0 Å². The smallest absolute Gasteiger partial charge is 0.196 e. The van der Waals surface area contributed by atoms with Crippen molar-refractivity contribution < 1.29 is 9.47 Å². The monoisotopic (exact) mass is 261 g/mol. The molecule has 92 valence electrons. The van der Waals surface area contributed by atoms with Crippen LogP contribution in [0.25, 0.3) is 11.3 Å². The van der Waals surface area contributed by atoms with Crippen LogP contribution in [-0.4, -0.2) is 19.2 Å². The van der Waals surface area contributed by atoms with Gasteiger partial charge in [-0.25, -0.2) is 4.98 Å². The lowest BCUT2D eigenvalue weighted by molar-refractivity contribution is 0.395. The molecule has 1 aromatic heterocycles. The quantitative estimate of drug-likeness (QED) is 0.677. The van der Waals surface area contributed by atoms with Crippen molar-refractivity contribution in [3.8, 4) is 28.9 Å². The van der Waals surface area contributed by atoms with Crippen LogP contribution in [-0.2, 0) is 0 Å². The van der Waals surface area contributed by atoms with Gasteiger partial charge in [-0.3, -0.25) is 5.32 Å². The maximum absolute atomic E-state index is 8.53. The number of benzene rings is 1.